The van der Waals surface area contributed by atoms with Crippen LogP contribution in [0.2, 0.25) is 0 Å². The standard InChI is InChI=1S/C14H18BrN3S/c1-9(2)18-14(11(15)8-17-18)13(16)10-6-4-5-7-12(10)19-3/h4-9,13H,16H2,1-3H3. The van der Waals surface area contributed by atoms with Crippen LogP contribution in [0.3, 0.4) is 0 Å². The summed E-state index contributed by atoms with van der Waals surface area (Å²) in [6.45, 7) is 4.21. The summed E-state index contributed by atoms with van der Waals surface area (Å²) >= 11 is 5.28. The summed E-state index contributed by atoms with van der Waals surface area (Å²) in [5, 5.41) is 4.40. The van der Waals surface area contributed by atoms with Crippen molar-refractivity contribution in [2.45, 2.75) is 30.8 Å². The minimum Gasteiger partial charge on any atom is -0.319 e. The van der Waals surface area contributed by atoms with Crippen molar-refractivity contribution in [1.82, 2.24) is 9.78 Å². The van der Waals surface area contributed by atoms with E-state index in [2.05, 4.69) is 53.3 Å². The highest BCUT2D eigenvalue weighted by Gasteiger charge is 2.21. The van der Waals surface area contributed by atoms with Gasteiger partial charge >= 0.3 is 0 Å². The summed E-state index contributed by atoms with van der Waals surface area (Å²) in [4.78, 5) is 1.21. The molecule has 1 heterocycles. The van der Waals surface area contributed by atoms with Gasteiger partial charge < -0.3 is 5.73 Å². The summed E-state index contributed by atoms with van der Waals surface area (Å²) in [6.07, 6.45) is 3.89. The fourth-order valence-corrected chi connectivity index (χ4v) is 3.29. The predicted molar refractivity (Wildman–Crippen MR) is 84.6 cm³/mol. The Morgan fingerprint density at radius 2 is 2.00 bits per heavy atom. The van der Waals surface area contributed by atoms with Gasteiger partial charge in [-0.15, -0.1) is 11.8 Å². The maximum absolute atomic E-state index is 6.47. The van der Waals surface area contributed by atoms with Crippen LogP contribution >= 0.6 is 27.7 Å². The Morgan fingerprint density at radius 1 is 1.32 bits per heavy atom. The Hall–Kier alpha value is -0.780. The van der Waals surface area contributed by atoms with E-state index in [-0.39, 0.29) is 12.1 Å². The maximum Gasteiger partial charge on any atom is 0.0745 e. The SMILES string of the molecule is CSc1ccccc1C(N)c1c(Br)cnn1C(C)C. The fraction of sp³-hybridized carbons (Fsp3) is 0.357. The van der Waals surface area contributed by atoms with Gasteiger partial charge in [-0.05, 0) is 47.7 Å². The quantitative estimate of drug-likeness (QED) is 0.856. The van der Waals surface area contributed by atoms with Crippen LogP contribution in [0.15, 0.2) is 39.8 Å². The third-order valence-electron chi connectivity index (χ3n) is 3.04. The third-order valence-corrected chi connectivity index (χ3v) is 4.47. The van der Waals surface area contributed by atoms with Gasteiger partial charge in [0.25, 0.3) is 0 Å². The van der Waals surface area contributed by atoms with E-state index in [0.29, 0.717) is 0 Å². The normalized spacial score (nSPS) is 12.9. The second-order valence-electron chi connectivity index (χ2n) is 4.64. The first-order chi connectivity index (χ1) is 9.06. The molecule has 0 radical (unpaired) electrons. The van der Waals surface area contributed by atoms with Gasteiger partial charge in [0, 0.05) is 10.9 Å². The largest absolute Gasteiger partial charge is 0.319 e. The highest BCUT2D eigenvalue weighted by atomic mass is 79.9. The fourth-order valence-electron chi connectivity index (χ4n) is 2.12. The molecule has 2 N–H and O–H groups in total. The summed E-state index contributed by atoms with van der Waals surface area (Å²) in [5.41, 5.74) is 8.63. The molecule has 0 saturated carbocycles. The Kier molecular flexibility index (Phi) is 4.71. The first kappa shape index (κ1) is 14.6. The summed E-state index contributed by atoms with van der Waals surface area (Å²) in [5.74, 6) is 0. The van der Waals surface area contributed by atoms with Crippen LogP contribution in [0.4, 0.5) is 0 Å². The van der Waals surface area contributed by atoms with E-state index in [1.54, 1.807) is 11.8 Å². The van der Waals surface area contributed by atoms with Gasteiger partial charge in [-0.2, -0.15) is 5.10 Å². The van der Waals surface area contributed by atoms with E-state index in [0.717, 1.165) is 15.7 Å². The molecule has 0 saturated heterocycles. The number of hydrogen-bond acceptors (Lipinski definition) is 3. The molecule has 0 fully saturated rings. The smallest absolute Gasteiger partial charge is 0.0745 e. The minimum atomic E-state index is -0.178. The lowest BCUT2D eigenvalue weighted by Crippen LogP contribution is -2.19. The van der Waals surface area contributed by atoms with Crippen molar-refractivity contribution >= 4 is 27.7 Å². The summed E-state index contributed by atoms with van der Waals surface area (Å²) < 4.78 is 2.94. The maximum atomic E-state index is 6.47. The lowest BCUT2D eigenvalue weighted by molar-refractivity contribution is 0.497. The molecule has 19 heavy (non-hydrogen) atoms. The van der Waals surface area contributed by atoms with Crippen LogP contribution < -0.4 is 5.73 Å². The minimum absolute atomic E-state index is 0.178. The van der Waals surface area contributed by atoms with Crippen LogP contribution in [-0.4, -0.2) is 16.0 Å². The summed E-state index contributed by atoms with van der Waals surface area (Å²) in [6, 6.07) is 8.36. The van der Waals surface area contributed by atoms with E-state index in [1.165, 1.54) is 4.90 Å². The molecule has 1 aromatic carbocycles. The molecule has 1 aromatic heterocycles. The van der Waals surface area contributed by atoms with Crippen molar-refractivity contribution in [3.8, 4) is 0 Å². The molecule has 0 aliphatic carbocycles. The molecule has 2 aromatic rings. The van der Waals surface area contributed by atoms with E-state index in [1.807, 2.05) is 23.0 Å². The Bertz CT molecular complexity index is 566. The first-order valence-corrected chi connectivity index (χ1v) is 8.19. The van der Waals surface area contributed by atoms with Crippen LogP contribution in [-0.2, 0) is 0 Å². The van der Waals surface area contributed by atoms with Crippen molar-refractivity contribution in [1.29, 1.82) is 0 Å². The van der Waals surface area contributed by atoms with Gasteiger partial charge in [-0.25, -0.2) is 0 Å². The highest BCUT2D eigenvalue weighted by Crippen LogP contribution is 2.33. The zero-order chi connectivity index (χ0) is 14.0. The molecule has 102 valence electrons. The number of benzene rings is 1. The van der Waals surface area contributed by atoms with Crippen molar-refractivity contribution in [2.75, 3.05) is 6.26 Å². The van der Waals surface area contributed by atoms with Gasteiger partial charge in [0.1, 0.15) is 0 Å². The molecule has 0 amide bonds. The molecule has 2 rings (SSSR count). The van der Waals surface area contributed by atoms with Gasteiger partial charge in [-0.3, -0.25) is 4.68 Å². The topological polar surface area (TPSA) is 43.8 Å². The number of rotatable bonds is 4. The van der Waals surface area contributed by atoms with Gasteiger partial charge in [0.05, 0.1) is 22.4 Å². The number of hydrogen-bond donors (Lipinski definition) is 1. The first-order valence-electron chi connectivity index (χ1n) is 6.17. The molecule has 3 nitrogen and oxygen atoms in total. The highest BCUT2D eigenvalue weighted by molar-refractivity contribution is 9.10. The van der Waals surface area contributed by atoms with Gasteiger partial charge in [0.15, 0.2) is 0 Å². The molecular formula is C14H18BrN3S. The Balaban J connectivity index is 2.50. The van der Waals surface area contributed by atoms with Crippen LogP contribution in [0, 0.1) is 0 Å². The van der Waals surface area contributed by atoms with E-state index in [4.69, 9.17) is 5.73 Å². The monoisotopic (exact) mass is 339 g/mol. The predicted octanol–water partition coefficient (Wildman–Crippen LogP) is 4.00. The van der Waals surface area contributed by atoms with E-state index >= 15 is 0 Å². The van der Waals surface area contributed by atoms with Crippen molar-refractivity contribution in [3.05, 3.63) is 46.2 Å². The molecule has 0 aliphatic heterocycles. The van der Waals surface area contributed by atoms with Crippen LogP contribution in [0.5, 0.6) is 0 Å². The lowest BCUT2D eigenvalue weighted by atomic mass is 10.0. The molecule has 0 bridgehead atoms. The number of nitrogens with two attached hydrogens (primary N) is 1. The van der Waals surface area contributed by atoms with Gasteiger partial charge in [0.2, 0.25) is 0 Å². The number of aromatic nitrogens is 2. The average Bonchev–Trinajstić information content (AvgIpc) is 2.80. The Morgan fingerprint density at radius 3 is 2.63 bits per heavy atom. The van der Waals surface area contributed by atoms with Crippen molar-refractivity contribution in [3.63, 3.8) is 0 Å². The number of halogens is 1. The van der Waals surface area contributed by atoms with Crippen molar-refractivity contribution < 1.29 is 0 Å². The molecule has 0 spiro atoms. The second kappa shape index (κ2) is 6.11. The third kappa shape index (κ3) is 2.88. The Labute approximate surface area is 126 Å². The van der Waals surface area contributed by atoms with Gasteiger partial charge in [-0.1, -0.05) is 18.2 Å². The molecule has 5 heteroatoms. The van der Waals surface area contributed by atoms with Crippen LogP contribution in [0.25, 0.3) is 0 Å². The average molecular weight is 340 g/mol. The summed E-state index contributed by atoms with van der Waals surface area (Å²) in [7, 11) is 0. The lowest BCUT2D eigenvalue weighted by Gasteiger charge is -2.19. The molecule has 1 unspecified atom stereocenters. The zero-order valence-corrected chi connectivity index (χ0v) is 13.7. The second-order valence-corrected chi connectivity index (χ2v) is 6.34. The zero-order valence-electron chi connectivity index (χ0n) is 11.3. The van der Waals surface area contributed by atoms with Crippen LogP contribution in [0.1, 0.15) is 37.2 Å². The van der Waals surface area contributed by atoms with Crippen molar-refractivity contribution in [2.24, 2.45) is 5.73 Å². The molecule has 0 aliphatic rings. The van der Waals surface area contributed by atoms with E-state index in [9.17, 15) is 0 Å². The molecule has 1 atom stereocenters. The van der Waals surface area contributed by atoms with E-state index < -0.39 is 0 Å². The number of nitrogens with zero attached hydrogens (tertiary/aromatic N) is 2. The molecular weight excluding hydrogens is 322 g/mol. The number of thioether (sulfide) groups is 1.